The van der Waals surface area contributed by atoms with E-state index in [9.17, 15) is 18.0 Å². The van der Waals surface area contributed by atoms with Gasteiger partial charge in [0.2, 0.25) is 5.91 Å². The molecule has 0 saturated carbocycles. The van der Waals surface area contributed by atoms with Crippen molar-refractivity contribution in [1.82, 2.24) is 4.98 Å². The summed E-state index contributed by atoms with van der Waals surface area (Å²) in [6.45, 7) is -0.179. The molecule has 0 bridgehead atoms. The highest BCUT2D eigenvalue weighted by Crippen LogP contribution is 2.30. The van der Waals surface area contributed by atoms with E-state index < -0.39 is 18.8 Å². The largest absolute Gasteiger partial charge is 0.484 e. The van der Waals surface area contributed by atoms with Gasteiger partial charge in [-0.3, -0.25) is 4.79 Å². The van der Waals surface area contributed by atoms with Crippen LogP contribution in [0.15, 0.2) is 18.2 Å². The van der Waals surface area contributed by atoms with Crippen molar-refractivity contribution < 1.29 is 27.4 Å². The van der Waals surface area contributed by atoms with E-state index in [-0.39, 0.29) is 30.0 Å². The van der Waals surface area contributed by atoms with E-state index >= 15 is 0 Å². The van der Waals surface area contributed by atoms with E-state index in [2.05, 4.69) is 10.3 Å². The second-order valence-electron chi connectivity index (χ2n) is 6.02. The Morgan fingerprint density at radius 3 is 2.78 bits per heavy atom. The SMILES string of the molecule is Cl.NC(C(=O)Nc1nc2ccc(OCC(F)(F)F)cc2s1)C1CCOCC1. The van der Waals surface area contributed by atoms with E-state index in [1.807, 2.05) is 0 Å². The fourth-order valence-corrected chi connectivity index (χ4v) is 3.59. The summed E-state index contributed by atoms with van der Waals surface area (Å²) >= 11 is 1.15. The Morgan fingerprint density at radius 1 is 1.41 bits per heavy atom. The number of thiazole rings is 1. The first-order valence-corrected chi connectivity index (χ1v) is 8.88. The summed E-state index contributed by atoms with van der Waals surface area (Å²) < 4.78 is 47.3. The highest BCUT2D eigenvalue weighted by atomic mass is 35.5. The van der Waals surface area contributed by atoms with Crippen molar-refractivity contribution in [3.05, 3.63) is 18.2 Å². The van der Waals surface area contributed by atoms with Crippen LogP contribution in [0.5, 0.6) is 5.75 Å². The van der Waals surface area contributed by atoms with Gasteiger partial charge in [0.25, 0.3) is 0 Å². The molecule has 3 rings (SSSR count). The maximum Gasteiger partial charge on any atom is 0.422 e. The first-order chi connectivity index (χ1) is 12.3. The molecule has 1 amide bonds. The normalized spacial score (nSPS) is 16.6. The van der Waals surface area contributed by atoms with Crippen LogP contribution in [0, 0.1) is 5.92 Å². The number of anilines is 1. The quantitative estimate of drug-likeness (QED) is 0.767. The molecule has 27 heavy (non-hydrogen) atoms. The maximum absolute atomic E-state index is 12.3. The molecule has 1 unspecified atom stereocenters. The number of carbonyl (C=O) groups is 1. The van der Waals surface area contributed by atoms with E-state index in [0.29, 0.717) is 28.6 Å². The van der Waals surface area contributed by atoms with Crippen molar-refractivity contribution in [2.45, 2.75) is 25.1 Å². The van der Waals surface area contributed by atoms with Crippen molar-refractivity contribution in [2.75, 3.05) is 25.1 Å². The van der Waals surface area contributed by atoms with E-state index in [4.69, 9.17) is 15.2 Å². The molecular weight excluding hydrogens is 407 g/mol. The number of hydrogen-bond donors (Lipinski definition) is 2. The molecule has 1 aliphatic heterocycles. The zero-order valence-corrected chi connectivity index (χ0v) is 15.8. The first-order valence-electron chi connectivity index (χ1n) is 8.06. The number of nitrogens with zero attached hydrogens (tertiary/aromatic N) is 1. The Bertz CT molecular complexity index is 781. The average Bonchev–Trinajstić information content (AvgIpc) is 3.00. The Morgan fingerprint density at radius 2 is 2.11 bits per heavy atom. The zero-order chi connectivity index (χ0) is 18.7. The lowest BCUT2D eigenvalue weighted by atomic mass is 9.92. The zero-order valence-electron chi connectivity index (χ0n) is 14.1. The molecule has 3 N–H and O–H groups in total. The van der Waals surface area contributed by atoms with Gasteiger partial charge < -0.3 is 20.5 Å². The number of hydrogen-bond acceptors (Lipinski definition) is 6. The molecule has 1 aromatic heterocycles. The summed E-state index contributed by atoms with van der Waals surface area (Å²) in [6, 6.07) is 3.77. The molecule has 0 aliphatic carbocycles. The van der Waals surface area contributed by atoms with Crippen LogP contribution in [0.2, 0.25) is 0 Å². The molecule has 150 valence electrons. The second kappa shape index (κ2) is 9.05. The molecule has 1 fully saturated rings. The Balaban J connectivity index is 0.00000261. The topological polar surface area (TPSA) is 86.5 Å². The van der Waals surface area contributed by atoms with Crippen LogP contribution in [-0.2, 0) is 9.53 Å². The number of nitrogens with one attached hydrogen (secondary N) is 1. The van der Waals surface area contributed by atoms with Gasteiger partial charge in [0.05, 0.1) is 16.3 Å². The number of ether oxygens (including phenoxy) is 2. The van der Waals surface area contributed by atoms with Gasteiger partial charge in [0, 0.05) is 13.2 Å². The molecule has 0 spiro atoms. The molecule has 1 aliphatic rings. The summed E-state index contributed by atoms with van der Waals surface area (Å²) in [7, 11) is 0. The number of carbonyl (C=O) groups excluding carboxylic acids is 1. The van der Waals surface area contributed by atoms with Crippen LogP contribution in [0.4, 0.5) is 18.3 Å². The maximum atomic E-state index is 12.3. The van der Waals surface area contributed by atoms with Gasteiger partial charge >= 0.3 is 6.18 Å². The van der Waals surface area contributed by atoms with Gasteiger partial charge in [0.1, 0.15) is 5.75 Å². The molecule has 11 heteroatoms. The number of aromatic nitrogens is 1. The lowest BCUT2D eigenvalue weighted by molar-refractivity contribution is -0.153. The molecule has 0 radical (unpaired) electrons. The van der Waals surface area contributed by atoms with Gasteiger partial charge in [-0.05, 0) is 37.0 Å². The van der Waals surface area contributed by atoms with Crippen LogP contribution in [-0.4, -0.2) is 42.9 Å². The van der Waals surface area contributed by atoms with Crippen molar-refractivity contribution in [1.29, 1.82) is 0 Å². The highest BCUT2D eigenvalue weighted by molar-refractivity contribution is 7.22. The Kier molecular flexibility index (Phi) is 7.26. The summed E-state index contributed by atoms with van der Waals surface area (Å²) in [5.74, 6) is -0.180. The number of halogens is 4. The number of benzene rings is 1. The number of alkyl halides is 3. The molecule has 1 saturated heterocycles. The second-order valence-corrected chi connectivity index (χ2v) is 7.05. The van der Waals surface area contributed by atoms with Gasteiger partial charge in [-0.15, -0.1) is 12.4 Å². The minimum absolute atomic E-state index is 0. The summed E-state index contributed by atoms with van der Waals surface area (Å²) in [5, 5.41) is 3.03. The fourth-order valence-electron chi connectivity index (χ4n) is 2.69. The van der Waals surface area contributed by atoms with Gasteiger partial charge in [-0.2, -0.15) is 13.2 Å². The molecule has 6 nitrogen and oxygen atoms in total. The minimum atomic E-state index is -4.40. The van der Waals surface area contributed by atoms with Gasteiger partial charge in [-0.25, -0.2) is 4.98 Å². The molecular formula is C16H19ClF3N3O3S. The van der Waals surface area contributed by atoms with Crippen LogP contribution < -0.4 is 15.8 Å². The van der Waals surface area contributed by atoms with E-state index in [1.165, 1.54) is 12.1 Å². The molecule has 2 aromatic rings. The van der Waals surface area contributed by atoms with E-state index in [1.54, 1.807) is 6.07 Å². The van der Waals surface area contributed by atoms with Gasteiger partial charge in [0.15, 0.2) is 11.7 Å². The van der Waals surface area contributed by atoms with Crippen molar-refractivity contribution in [3.63, 3.8) is 0 Å². The van der Waals surface area contributed by atoms with Crippen molar-refractivity contribution >= 4 is 45.0 Å². The standard InChI is InChI=1S/C16H18F3N3O3S.ClH/c17-16(18,19)8-25-10-1-2-11-12(7-10)26-15(21-11)22-14(23)13(20)9-3-5-24-6-4-9;/h1-2,7,9,13H,3-6,8,20H2,(H,21,22,23);1H. The predicted octanol–water partition coefficient (Wildman–Crippen LogP) is 3.35. The van der Waals surface area contributed by atoms with E-state index in [0.717, 1.165) is 24.2 Å². The Hall–Kier alpha value is -1.62. The van der Waals surface area contributed by atoms with Crippen LogP contribution >= 0.6 is 23.7 Å². The first kappa shape index (κ1) is 21.7. The number of nitrogens with two attached hydrogens (primary N) is 1. The number of rotatable bonds is 5. The minimum Gasteiger partial charge on any atom is -0.484 e. The smallest absolute Gasteiger partial charge is 0.422 e. The molecule has 1 aromatic carbocycles. The third kappa shape index (κ3) is 5.93. The van der Waals surface area contributed by atoms with Crippen molar-refractivity contribution in [2.24, 2.45) is 11.7 Å². The molecule has 1 atom stereocenters. The third-order valence-corrected chi connectivity index (χ3v) is 5.00. The Labute approximate surface area is 163 Å². The monoisotopic (exact) mass is 425 g/mol. The highest BCUT2D eigenvalue weighted by Gasteiger charge is 2.29. The number of amides is 1. The third-order valence-electron chi connectivity index (χ3n) is 4.07. The van der Waals surface area contributed by atoms with Crippen LogP contribution in [0.25, 0.3) is 10.2 Å². The lowest BCUT2D eigenvalue weighted by Crippen LogP contribution is -2.43. The average molecular weight is 426 g/mol. The summed E-state index contributed by atoms with van der Waals surface area (Å²) in [4.78, 5) is 16.6. The summed E-state index contributed by atoms with van der Waals surface area (Å²) in [5.41, 5.74) is 6.58. The van der Waals surface area contributed by atoms with Crippen molar-refractivity contribution in [3.8, 4) is 5.75 Å². The summed E-state index contributed by atoms with van der Waals surface area (Å²) in [6.07, 6.45) is -2.94. The van der Waals surface area contributed by atoms with Crippen LogP contribution in [0.1, 0.15) is 12.8 Å². The predicted molar refractivity (Wildman–Crippen MR) is 98.6 cm³/mol. The molecule has 2 heterocycles. The van der Waals surface area contributed by atoms with Gasteiger partial charge in [-0.1, -0.05) is 11.3 Å². The fraction of sp³-hybridized carbons (Fsp3) is 0.500. The van der Waals surface area contributed by atoms with Crippen LogP contribution in [0.3, 0.4) is 0 Å². The lowest BCUT2D eigenvalue weighted by Gasteiger charge is -2.26. The number of fused-ring (bicyclic) bond motifs is 1.